The summed E-state index contributed by atoms with van der Waals surface area (Å²) < 4.78 is 17.1. The quantitative estimate of drug-likeness (QED) is 0.703. The highest BCUT2D eigenvalue weighted by Crippen LogP contribution is 2.17. The van der Waals surface area contributed by atoms with E-state index in [-0.39, 0.29) is 5.82 Å². The normalized spacial score (nSPS) is 28.1. The van der Waals surface area contributed by atoms with Gasteiger partial charge in [0.05, 0.1) is 25.9 Å². The molecule has 0 aromatic heterocycles. The molecule has 2 aliphatic rings. The van der Waals surface area contributed by atoms with E-state index in [1.807, 2.05) is 0 Å². The first-order valence-corrected chi connectivity index (χ1v) is 5.02. The van der Waals surface area contributed by atoms with Gasteiger partial charge in [-0.25, -0.2) is 4.39 Å². The number of hydrogen-bond donors (Lipinski definition) is 1. The van der Waals surface area contributed by atoms with Crippen molar-refractivity contribution >= 4 is 0 Å². The zero-order valence-corrected chi connectivity index (χ0v) is 8.36. The maximum absolute atomic E-state index is 11.9. The Kier molecular flexibility index (Phi) is 3.66. The Balaban J connectivity index is 0.000000115. The summed E-state index contributed by atoms with van der Waals surface area (Å²) in [6, 6.07) is 8.42. The summed E-state index contributed by atoms with van der Waals surface area (Å²) in [5.41, 5.74) is 2.89. The van der Waals surface area contributed by atoms with Gasteiger partial charge in [0.2, 0.25) is 0 Å². The molecular formula is C11H14FNO2. The second-order valence-electron chi connectivity index (χ2n) is 3.63. The topological polar surface area (TPSA) is 30.5 Å². The number of hydrogen-bond acceptors (Lipinski definition) is 3. The second kappa shape index (κ2) is 5.21. The number of rotatable bonds is 0. The number of halogens is 1. The van der Waals surface area contributed by atoms with Gasteiger partial charge in [0.15, 0.2) is 0 Å². The van der Waals surface area contributed by atoms with E-state index in [1.165, 1.54) is 12.1 Å². The van der Waals surface area contributed by atoms with Gasteiger partial charge in [0.1, 0.15) is 5.82 Å². The van der Waals surface area contributed by atoms with Crippen LogP contribution in [0.5, 0.6) is 0 Å². The Morgan fingerprint density at radius 2 is 1.93 bits per heavy atom. The Bertz CT molecular complexity index is 274. The van der Waals surface area contributed by atoms with E-state index in [0.29, 0.717) is 12.0 Å². The summed E-state index contributed by atoms with van der Waals surface area (Å²) in [6.07, 6.45) is 0. The van der Waals surface area contributed by atoms with E-state index >= 15 is 0 Å². The maximum Gasteiger partial charge on any atom is 0.123 e. The van der Waals surface area contributed by atoms with Crippen molar-refractivity contribution in [3.8, 4) is 0 Å². The molecule has 2 unspecified atom stereocenters. The van der Waals surface area contributed by atoms with Crippen molar-refractivity contribution in [2.75, 3.05) is 19.8 Å². The van der Waals surface area contributed by atoms with Crippen molar-refractivity contribution in [1.82, 2.24) is 5.48 Å². The van der Waals surface area contributed by atoms with E-state index in [2.05, 4.69) is 5.48 Å². The van der Waals surface area contributed by atoms with E-state index in [1.54, 1.807) is 18.2 Å². The van der Waals surface area contributed by atoms with Gasteiger partial charge in [-0.1, -0.05) is 18.2 Å². The highest BCUT2D eigenvalue weighted by Gasteiger charge is 2.33. The molecule has 0 amide bonds. The molecule has 15 heavy (non-hydrogen) atoms. The van der Waals surface area contributed by atoms with Crippen LogP contribution in [0.2, 0.25) is 0 Å². The standard InChI is InChI=1S/C6H5F.C5H9NO2/c7-6-4-2-1-3-5-6;1-4-2-8-6-5(4)3-7-1/h1-5H;4-6H,1-3H2. The molecular weight excluding hydrogens is 197 g/mol. The number of fused-ring (bicyclic) bond motifs is 1. The highest BCUT2D eigenvalue weighted by atomic mass is 19.1. The molecule has 0 bridgehead atoms. The first-order valence-electron chi connectivity index (χ1n) is 5.02. The molecule has 0 saturated carbocycles. The van der Waals surface area contributed by atoms with Gasteiger partial charge in [-0.05, 0) is 12.1 Å². The molecule has 4 heteroatoms. The molecule has 3 nitrogen and oxygen atoms in total. The molecule has 0 radical (unpaired) electrons. The fourth-order valence-corrected chi connectivity index (χ4v) is 1.57. The van der Waals surface area contributed by atoms with Gasteiger partial charge in [-0.3, -0.25) is 0 Å². The average molecular weight is 211 g/mol. The summed E-state index contributed by atoms with van der Waals surface area (Å²) >= 11 is 0. The Morgan fingerprint density at radius 1 is 1.13 bits per heavy atom. The van der Waals surface area contributed by atoms with Crippen LogP contribution in [0, 0.1) is 11.7 Å². The Hall–Kier alpha value is -0.970. The third-order valence-electron chi connectivity index (χ3n) is 2.46. The van der Waals surface area contributed by atoms with Crippen LogP contribution in [0.15, 0.2) is 30.3 Å². The average Bonchev–Trinajstić information content (AvgIpc) is 2.80. The third-order valence-corrected chi connectivity index (χ3v) is 2.46. The van der Waals surface area contributed by atoms with E-state index in [9.17, 15) is 4.39 Å². The monoisotopic (exact) mass is 211 g/mol. The molecule has 2 fully saturated rings. The molecule has 2 aliphatic heterocycles. The smallest absolute Gasteiger partial charge is 0.123 e. The number of ether oxygens (including phenoxy) is 1. The van der Waals surface area contributed by atoms with Gasteiger partial charge in [0.25, 0.3) is 0 Å². The SMILES string of the molecule is C1OCC2NOCC12.Fc1ccccc1. The fraction of sp³-hybridized carbons (Fsp3) is 0.455. The van der Waals surface area contributed by atoms with E-state index in [0.717, 1.165) is 19.8 Å². The first kappa shape index (κ1) is 10.5. The lowest BCUT2D eigenvalue weighted by atomic mass is 10.1. The maximum atomic E-state index is 11.9. The summed E-state index contributed by atoms with van der Waals surface area (Å²) in [5.74, 6) is 0.442. The molecule has 2 saturated heterocycles. The zero-order valence-electron chi connectivity index (χ0n) is 8.36. The van der Waals surface area contributed by atoms with Crippen molar-refractivity contribution in [3.63, 3.8) is 0 Å². The predicted octanol–water partition coefficient (Wildman–Crippen LogP) is 1.36. The van der Waals surface area contributed by atoms with Gasteiger partial charge in [-0.15, -0.1) is 0 Å². The molecule has 2 heterocycles. The van der Waals surface area contributed by atoms with Crippen LogP contribution < -0.4 is 5.48 Å². The first-order chi connectivity index (χ1) is 7.36. The van der Waals surface area contributed by atoms with Crippen molar-refractivity contribution < 1.29 is 14.0 Å². The van der Waals surface area contributed by atoms with Gasteiger partial charge < -0.3 is 9.57 Å². The second-order valence-corrected chi connectivity index (χ2v) is 3.63. The van der Waals surface area contributed by atoms with E-state index < -0.39 is 0 Å². The van der Waals surface area contributed by atoms with Crippen LogP contribution in [-0.4, -0.2) is 25.9 Å². The molecule has 0 aliphatic carbocycles. The van der Waals surface area contributed by atoms with Gasteiger partial charge in [0, 0.05) is 5.92 Å². The largest absolute Gasteiger partial charge is 0.379 e. The molecule has 1 N–H and O–H groups in total. The minimum Gasteiger partial charge on any atom is -0.379 e. The fourth-order valence-electron chi connectivity index (χ4n) is 1.57. The summed E-state index contributed by atoms with van der Waals surface area (Å²) in [5, 5.41) is 0. The zero-order chi connectivity index (χ0) is 10.5. The van der Waals surface area contributed by atoms with Crippen molar-refractivity contribution in [3.05, 3.63) is 36.1 Å². The van der Waals surface area contributed by atoms with Crippen LogP contribution in [0.4, 0.5) is 4.39 Å². The van der Waals surface area contributed by atoms with Crippen molar-refractivity contribution in [1.29, 1.82) is 0 Å². The van der Waals surface area contributed by atoms with Crippen LogP contribution in [0.25, 0.3) is 0 Å². The van der Waals surface area contributed by atoms with Crippen LogP contribution in [0.3, 0.4) is 0 Å². The minimum absolute atomic E-state index is 0.178. The van der Waals surface area contributed by atoms with Crippen LogP contribution in [0.1, 0.15) is 0 Å². The van der Waals surface area contributed by atoms with Crippen LogP contribution in [-0.2, 0) is 9.57 Å². The molecule has 2 atom stereocenters. The third kappa shape index (κ3) is 2.99. The van der Waals surface area contributed by atoms with Crippen molar-refractivity contribution in [2.45, 2.75) is 6.04 Å². The summed E-state index contributed by atoms with van der Waals surface area (Å²) in [6.45, 7) is 2.52. The minimum atomic E-state index is -0.178. The number of benzene rings is 1. The lowest BCUT2D eigenvalue weighted by Crippen LogP contribution is -2.24. The van der Waals surface area contributed by atoms with Crippen LogP contribution >= 0.6 is 0 Å². The molecule has 1 aromatic rings. The number of hydroxylamine groups is 1. The Labute approximate surface area is 88.1 Å². The van der Waals surface area contributed by atoms with E-state index in [4.69, 9.17) is 9.57 Å². The van der Waals surface area contributed by atoms with Gasteiger partial charge >= 0.3 is 0 Å². The molecule has 1 aromatic carbocycles. The van der Waals surface area contributed by atoms with Gasteiger partial charge in [-0.2, -0.15) is 5.48 Å². The summed E-state index contributed by atoms with van der Waals surface area (Å²) in [4.78, 5) is 4.98. The lowest BCUT2D eigenvalue weighted by Gasteiger charge is -1.98. The predicted molar refractivity (Wildman–Crippen MR) is 53.6 cm³/mol. The molecule has 3 rings (SSSR count). The molecule has 82 valence electrons. The Morgan fingerprint density at radius 3 is 2.53 bits per heavy atom. The molecule has 0 spiro atoms. The van der Waals surface area contributed by atoms with Crippen molar-refractivity contribution in [2.24, 2.45) is 5.92 Å². The summed E-state index contributed by atoms with van der Waals surface area (Å²) in [7, 11) is 0. The highest BCUT2D eigenvalue weighted by molar-refractivity contribution is 5.02. The lowest BCUT2D eigenvalue weighted by molar-refractivity contribution is 0.0492. The number of nitrogens with one attached hydrogen (secondary N) is 1.